The van der Waals surface area contributed by atoms with E-state index >= 15 is 0 Å². The molecule has 0 aliphatic rings. The van der Waals surface area contributed by atoms with E-state index in [2.05, 4.69) is 27.3 Å². The maximum Gasteiger partial charge on any atom is 0.340 e. The van der Waals surface area contributed by atoms with Gasteiger partial charge in [0.15, 0.2) is 0 Å². The van der Waals surface area contributed by atoms with Gasteiger partial charge < -0.3 is 15.2 Å². The topological polar surface area (TPSA) is 61.5 Å². The van der Waals surface area contributed by atoms with Crippen molar-refractivity contribution in [1.82, 2.24) is 0 Å². The summed E-state index contributed by atoms with van der Waals surface area (Å²) >= 11 is 2.20. The van der Waals surface area contributed by atoms with Crippen molar-refractivity contribution in [2.75, 3.05) is 12.8 Å². The Morgan fingerprint density at radius 1 is 1.16 bits per heavy atom. The Bertz CT molecular complexity index is 613. The molecule has 2 aromatic rings. The molecule has 2 N–H and O–H groups in total. The van der Waals surface area contributed by atoms with Gasteiger partial charge in [-0.1, -0.05) is 6.07 Å². The molecule has 19 heavy (non-hydrogen) atoms. The number of rotatable bonds is 3. The van der Waals surface area contributed by atoms with Crippen LogP contribution in [0.1, 0.15) is 10.4 Å². The fourth-order valence-corrected chi connectivity index (χ4v) is 2.07. The Morgan fingerprint density at radius 3 is 2.58 bits per heavy atom. The summed E-state index contributed by atoms with van der Waals surface area (Å²) < 4.78 is 11.4. The largest absolute Gasteiger partial charge is 0.465 e. The summed E-state index contributed by atoms with van der Waals surface area (Å²) in [5, 5.41) is 0. The molecule has 0 amide bonds. The van der Waals surface area contributed by atoms with Crippen molar-refractivity contribution in [1.29, 1.82) is 0 Å². The molecule has 0 bridgehead atoms. The van der Waals surface area contributed by atoms with Crippen molar-refractivity contribution in [3.63, 3.8) is 0 Å². The highest BCUT2D eigenvalue weighted by atomic mass is 127. The zero-order valence-corrected chi connectivity index (χ0v) is 12.4. The van der Waals surface area contributed by atoms with Gasteiger partial charge in [0.05, 0.1) is 12.7 Å². The highest BCUT2D eigenvalue weighted by Gasteiger charge is 2.11. The van der Waals surface area contributed by atoms with Crippen LogP contribution in [-0.4, -0.2) is 13.1 Å². The summed E-state index contributed by atoms with van der Waals surface area (Å²) in [6.07, 6.45) is 0. The Morgan fingerprint density at radius 2 is 1.89 bits per heavy atom. The molecule has 0 aromatic heterocycles. The van der Waals surface area contributed by atoms with Gasteiger partial charge in [-0.05, 0) is 59.0 Å². The summed E-state index contributed by atoms with van der Waals surface area (Å²) in [4.78, 5) is 11.5. The summed E-state index contributed by atoms with van der Waals surface area (Å²) in [5.41, 5.74) is 6.39. The third-order valence-corrected chi connectivity index (χ3v) is 3.13. The fraction of sp³-hybridized carbons (Fsp3) is 0.0714. The zero-order valence-electron chi connectivity index (χ0n) is 10.2. The molecule has 0 radical (unpaired) electrons. The van der Waals surface area contributed by atoms with E-state index in [4.69, 9.17) is 10.5 Å². The first kappa shape index (κ1) is 13.7. The van der Waals surface area contributed by atoms with E-state index < -0.39 is 5.97 Å². The lowest BCUT2D eigenvalue weighted by Gasteiger charge is -2.09. The first-order chi connectivity index (χ1) is 9.10. The van der Waals surface area contributed by atoms with Crippen LogP contribution in [0.15, 0.2) is 42.5 Å². The van der Waals surface area contributed by atoms with E-state index in [1.54, 1.807) is 18.2 Å². The fourth-order valence-electron chi connectivity index (χ4n) is 1.55. The smallest absolute Gasteiger partial charge is 0.340 e. The SMILES string of the molecule is COC(=O)c1cc(Oc2cccc(I)c2)ccc1N. The van der Waals surface area contributed by atoms with E-state index in [-0.39, 0.29) is 0 Å². The van der Waals surface area contributed by atoms with Crippen molar-refractivity contribution < 1.29 is 14.3 Å². The second-order valence-corrected chi connectivity index (χ2v) is 5.05. The predicted octanol–water partition coefficient (Wildman–Crippen LogP) is 3.45. The number of anilines is 1. The van der Waals surface area contributed by atoms with Gasteiger partial charge in [-0.3, -0.25) is 0 Å². The highest BCUT2D eigenvalue weighted by Crippen LogP contribution is 2.26. The van der Waals surface area contributed by atoms with Crippen molar-refractivity contribution >= 4 is 34.2 Å². The van der Waals surface area contributed by atoms with Gasteiger partial charge in [-0.2, -0.15) is 0 Å². The van der Waals surface area contributed by atoms with Crippen LogP contribution >= 0.6 is 22.6 Å². The quantitative estimate of drug-likeness (QED) is 0.512. The van der Waals surface area contributed by atoms with Crippen LogP contribution in [0.3, 0.4) is 0 Å². The van der Waals surface area contributed by atoms with E-state index in [9.17, 15) is 4.79 Å². The first-order valence-corrected chi connectivity index (χ1v) is 6.59. The third kappa shape index (κ3) is 3.37. The van der Waals surface area contributed by atoms with Gasteiger partial charge in [0.1, 0.15) is 11.5 Å². The van der Waals surface area contributed by atoms with Crippen molar-refractivity contribution in [3.05, 3.63) is 51.6 Å². The number of halogens is 1. The molecule has 2 aromatic carbocycles. The van der Waals surface area contributed by atoms with Crippen LogP contribution in [-0.2, 0) is 4.74 Å². The molecule has 0 aliphatic carbocycles. The molecule has 5 heteroatoms. The molecule has 0 spiro atoms. The molecule has 4 nitrogen and oxygen atoms in total. The number of hydrogen-bond acceptors (Lipinski definition) is 4. The molecule has 0 heterocycles. The Kier molecular flexibility index (Phi) is 4.26. The lowest BCUT2D eigenvalue weighted by molar-refractivity contribution is 0.0601. The van der Waals surface area contributed by atoms with Crippen molar-refractivity contribution in [2.24, 2.45) is 0 Å². The monoisotopic (exact) mass is 369 g/mol. The normalized spacial score (nSPS) is 10.0. The minimum atomic E-state index is -0.481. The summed E-state index contributed by atoms with van der Waals surface area (Å²) in [5.74, 6) is 0.759. The standard InChI is InChI=1S/C14H12INO3/c1-18-14(17)12-8-11(5-6-13(12)16)19-10-4-2-3-9(15)7-10/h2-8H,16H2,1H3. The maximum atomic E-state index is 11.5. The lowest BCUT2D eigenvalue weighted by atomic mass is 10.1. The average molecular weight is 369 g/mol. The van der Waals surface area contributed by atoms with Crippen LogP contribution in [0.2, 0.25) is 0 Å². The summed E-state index contributed by atoms with van der Waals surface area (Å²) in [6.45, 7) is 0. The van der Waals surface area contributed by atoms with Crippen molar-refractivity contribution in [2.45, 2.75) is 0 Å². The number of carbonyl (C=O) groups is 1. The number of nitrogens with two attached hydrogens (primary N) is 1. The van der Waals surface area contributed by atoms with Gasteiger partial charge in [0, 0.05) is 9.26 Å². The molecule has 98 valence electrons. The number of esters is 1. The number of nitrogen functional groups attached to an aromatic ring is 1. The van der Waals surface area contributed by atoms with Gasteiger partial charge in [0.2, 0.25) is 0 Å². The second-order valence-electron chi connectivity index (χ2n) is 3.80. The maximum absolute atomic E-state index is 11.5. The zero-order chi connectivity index (χ0) is 13.8. The van der Waals surface area contributed by atoms with E-state index in [1.165, 1.54) is 7.11 Å². The van der Waals surface area contributed by atoms with Gasteiger partial charge in [-0.15, -0.1) is 0 Å². The highest BCUT2D eigenvalue weighted by molar-refractivity contribution is 14.1. The number of ether oxygens (including phenoxy) is 2. The van der Waals surface area contributed by atoms with Crippen LogP contribution in [0.4, 0.5) is 5.69 Å². The van der Waals surface area contributed by atoms with Crippen LogP contribution < -0.4 is 10.5 Å². The molecule has 0 atom stereocenters. The average Bonchev–Trinajstić information content (AvgIpc) is 2.40. The predicted molar refractivity (Wildman–Crippen MR) is 81.4 cm³/mol. The number of carbonyl (C=O) groups excluding carboxylic acids is 1. The number of methoxy groups -OCH3 is 1. The number of hydrogen-bond donors (Lipinski definition) is 1. The molecule has 2 rings (SSSR count). The molecular weight excluding hydrogens is 357 g/mol. The molecule has 0 saturated heterocycles. The summed E-state index contributed by atoms with van der Waals surface area (Å²) in [7, 11) is 1.31. The third-order valence-electron chi connectivity index (χ3n) is 2.46. The van der Waals surface area contributed by atoms with Gasteiger partial charge in [-0.25, -0.2) is 4.79 Å². The Labute approximate surface area is 124 Å². The van der Waals surface area contributed by atoms with Crippen LogP contribution in [0.5, 0.6) is 11.5 Å². The molecular formula is C14H12INO3. The van der Waals surface area contributed by atoms with Crippen LogP contribution in [0, 0.1) is 3.57 Å². The van der Waals surface area contributed by atoms with Crippen molar-refractivity contribution in [3.8, 4) is 11.5 Å². The van der Waals surface area contributed by atoms with Gasteiger partial charge in [0.25, 0.3) is 0 Å². The van der Waals surface area contributed by atoms with E-state index in [1.807, 2.05) is 24.3 Å². The number of benzene rings is 2. The first-order valence-electron chi connectivity index (χ1n) is 5.51. The Hall–Kier alpha value is -1.76. The minimum absolute atomic E-state index is 0.297. The molecule has 0 aliphatic heterocycles. The lowest BCUT2D eigenvalue weighted by Crippen LogP contribution is -2.05. The minimum Gasteiger partial charge on any atom is -0.465 e. The summed E-state index contributed by atoms with van der Waals surface area (Å²) in [6, 6.07) is 12.5. The Balaban J connectivity index is 2.29. The molecule has 0 fully saturated rings. The second kappa shape index (κ2) is 5.92. The molecule has 0 saturated carbocycles. The van der Waals surface area contributed by atoms with Crippen LogP contribution in [0.25, 0.3) is 0 Å². The van der Waals surface area contributed by atoms with E-state index in [0.717, 1.165) is 3.57 Å². The van der Waals surface area contributed by atoms with E-state index in [0.29, 0.717) is 22.7 Å². The van der Waals surface area contributed by atoms with Gasteiger partial charge >= 0.3 is 5.97 Å². The molecule has 0 unspecified atom stereocenters.